The summed E-state index contributed by atoms with van der Waals surface area (Å²) in [4.78, 5) is 0. The summed E-state index contributed by atoms with van der Waals surface area (Å²) in [7, 11) is 0. The minimum atomic E-state index is -0.299. The van der Waals surface area contributed by atoms with E-state index < -0.39 is 0 Å². The van der Waals surface area contributed by atoms with Gasteiger partial charge in [-0.25, -0.2) is 0 Å². The summed E-state index contributed by atoms with van der Waals surface area (Å²) in [6, 6.07) is 1.66. The predicted octanol–water partition coefficient (Wildman–Crippen LogP) is 3.58. The first-order valence-corrected chi connectivity index (χ1v) is 16.7. The van der Waals surface area contributed by atoms with Crippen molar-refractivity contribution in [2.75, 3.05) is 39.8 Å². The predicted molar refractivity (Wildman–Crippen MR) is 153 cm³/mol. The molecule has 8 atom stereocenters. The summed E-state index contributed by atoms with van der Waals surface area (Å²) in [6.07, 6.45) is 20.4. The van der Waals surface area contributed by atoms with Crippen LogP contribution in [0.4, 0.5) is 0 Å². The van der Waals surface area contributed by atoms with Gasteiger partial charge in [-0.1, -0.05) is 51.4 Å². The zero-order valence-electron chi connectivity index (χ0n) is 24.3. The summed E-state index contributed by atoms with van der Waals surface area (Å²) in [5.74, 6) is 0. The van der Waals surface area contributed by atoms with Crippen LogP contribution in [0.1, 0.15) is 103 Å². The molecule has 0 aromatic carbocycles. The zero-order valence-corrected chi connectivity index (χ0v) is 24.3. The smallest absolute Gasteiger partial charge is 0.0728 e. The molecule has 4 aliphatic carbocycles. The Balaban J connectivity index is 1.26. The Kier molecular flexibility index (Phi) is 10.5. The van der Waals surface area contributed by atoms with Gasteiger partial charge in [0.1, 0.15) is 0 Å². The molecule has 8 nitrogen and oxygen atoms in total. The number of hydrogen-bond donors (Lipinski definition) is 4. The van der Waals surface area contributed by atoms with Gasteiger partial charge in [-0.3, -0.25) is 21.3 Å². The van der Waals surface area contributed by atoms with Crippen LogP contribution in [-0.2, 0) is 18.9 Å². The molecule has 4 N–H and O–H groups in total. The largest absolute Gasteiger partial charge is 0.376 e. The van der Waals surface area contributed by atoms with Crippen LogP contribution < -0.4 is 21.3 Å². The van der Waals surface area contributed by atoms with Crippen LogP contribution in [0.5, 0.6) is 0 Å². The van der Waals surface area contributed by atoms with Crippen LogP contribution in [0.2, 0.25) is 0 Å². The monoisotopic (exact) mass is 548 g/mol. The van der Waals surface area contributed by atoms with E-state index in [2.05, 4.69) is 21.3 Å². The zero-order chi connectivity index (χ0) is 26.3. The number of nitrogens with one attached hydrogen (secondary N) is 4. The second-order valence-electron chi connectivity index (χ2n) is 13.6. The summed E-state index contributed by atoms with van der Waals surface area (Å²) in [5, 5.41) is 15.3. The minimum Gasteiger partial charge on any atom is -0.376 e. The molecule has 0 bridgehead atoms. The second kappa shape index (κ2) is 14.2. The highest BCUT2D eigenvalue weighted by Crippen LogP contribution is 2.33. The first kappa shape index (κ1) is 28.8. The molecule has 224 valence electrons. The molecule has 2 aliphatic heterocycles. The molecule has 0 aromatic rings. The average Bonchev–Trinajstić information content (AvgIpc) is 2.97. The third kappa shape index (κ3) is 7.56. The lowest BCUT2D eigenvalue weighted by molar-refractivity contribution is -0.169. The third-order valence-corrected chi connectivity index (χ3v) is 10.7. The van der Waals surface area contributed by atoms with Crippen molar-refractivity contribution in [3.05, 3.63) is 0 Å². The summed E-state index contributed by atoms with van der Waals surface area (Å²) in [6.45, 7) is 4.29. The summed E-state index contributed by atoms with van der Waals surface area (Å²) in [5.41, 5.74) is -0.299. The van der Waals surface area contributed by atoms with E-state index in [0.29, 0.717) is 50.6 Å². The first-order chi connectivity index (χ1) is 19.3. The fourth-order valence-electron chi connectivity index (χ4n) is 8.15. The number of fused-ring (bicyclic) bond motifs is 4. The lowest BCUT2D eigenvalue weighted by Gasteiger charge is -2.44. The van der Waals surface area contributed by atoms with E-state index in [1.165, 1.54) is 77.0 Å². The molecular weight excluding hydrogens is 492 g/mol. The van der Waals surface area contributed by atoms with Crippen LogP contribution in [-0.4, -0.2) is 88.3 Å². The lowest BCUT2D eigenvalue weighted by Crippen LogP contribution is -2.57. The van der Waals surface area contributed by atoms with Gasteiger partial charge in [0, 0.05) is 37.5 Å². The Bertz CT molecular complexity index is 624. The molecule has 8 unspecified atom stereocenters. The highest BCUT2D eigenvalue weighted by molar-refractivity contribution is 4.92. The van der Waals surface area contributed by atoms with Gasteiger partial charge in [0.25, 0.3) is 0 Å². The van der Waals surface area contributed by atoms with Gasteiger partial charge < -0.3 is 18.9 Å². The number of ether oxygens (including phenoxy) is 4. The molecule has 39 heavy (non-hydrogen) atoms. The van der Waals surface area contributed by atoms with Crippen molar-refractivity contribution in [2.45, 2.75) is 151 Å². The maximum atomic E-state index is 6.88. The number of hydrogen-bond acceptors (Lipinski definition) is 8. The molecule has 6 fully saturated rings. The topological polar surface area (TPSA) is 85.0 Å². The van der Waals surface area contributed by atoms with Gasteiger partial charge in [0.15, 0.2) is 0 Å². The Morgan fingerprint density at radius 2 is 0.615 bits per heavy atom. The van der Waals surface area contributed by atoms with Crippen LogP contribution in [0.15, 0.2) is 0 Å². The quantitative estimate of drug-likeness (QED) is 0.366. The van der Waals surface area contributed by atoms with E-state index in [-0.39, 0.29) is 29.8 Å². The highest BCUT2D eigenvalue weighted by Gasteiger charge is 2.41. The lowest BCUT2D eigenvalue weighted by atomic mass is 9.87. The molecule has 6 aliphatic rings. The molecule has 6 rings (SSSR count). The van der Waals surface area contributed by atoms with Crippen LogP contribution in [0.25, 0.3) is 0 Å². The number of rotatable bonds is 0. The molecule has 0 aromatic heterocycles. The van der Waals surface area contributed by atoms with E-state index >= 15 is 0 Å². The van der Waals surface area contributed by atoms with E-state index in [0.717, 1.165) is 39.0 Å². The van der Waals surface area contributed by atoms with E-state index in [1.54, 1.807) is 0 Å². The van der Waals surface area contributed by atoms with Crippen molar-refractivity contribution in [3.8, 4) is 0 Å². The van der Waals surface area contributed by atoms with Crippen LogP contribution in [0, 0.1) is 5.41 Å². The van der Waals surface area contributed by atoms with Crippen LogP contribution in [0.3, 0.4) is 0 Å². The SMILES string of the molecule is C1CCC2OCC3(COC4CCCCC4NCNC2C1)COC1CCCCC1NCNC1CCCCC1OC3. The molecule has 4 saturated carbocycles. The van der Waals surface area contributed by atoms with E-state index in [4.69, 9.17) is 18.9 Å². The molecule has 8 heteroatoms. The first-order valence-electron chi connectivity index (χ1n) is 16.7. The summed E-state index contributed by atoms with van der Waals surface area (Å²) >= 11 is 0. The molecule has 2 saturated heterocycles. The van der Waals surface area contributed by atoms with Crippen molar-refractivity contribution in [1.29, 1.82) is 0 Å². The van der Waals surface area contributed by atoms with Gasteiger partial charge in [-0.15, -0.1) is 0 Å². The molecule has 0 amide bonds. The van der Waals surface area contributed by atoms with Crippen molar-refractivity contribution in [2.24, 2.45) is 5.41 Å². The van der Waals surface area contributed by atoms with Gasteiger partial charge in [0.2, 0.25) is 0 Å². The van der Waals surface area contributed by atoms with Crippen molar-refractivity contribution >= 4 is 0 Å². The molecule has 1 spiro atoms. The fourth-order valence-corrected chi connectivity index (χ4v) is 8.15. The maximum Gasteiger partial charge on any atom is 0.0728 e. The normalized spacial score (nSPS) is 45.5. The molecular formula is C31H56N4O4. The van der Waals surface area contributed by atoms with Crippen LogP contribution >= 0.6 is 0 Å². The second-order valence-corrected chi connectivity index (χ2v) is 13.6. The van der Waals surface area contributed by atoms with Crippen molar-refractivity contribution in [3.63, 3.8) is 0 Å². The van der Waals surface area contributed by atoms with Crippen molar-refractivity contribution < 1.29 is 18.9 Å². The fraction of sp³-hybridized carbons (Fsp3) is 1.00. The highest BCUT2D eigenvalue weighted by atomic mass is 16.5. The Hall–Kier alpha value is -0.320. The van der Waals surface area contributed by atoms with E-state index in [9.17, 15) is 0 Å². The average molecular weight is 549 g/mol. The molecule has 0 radical (unpaired) electrons. The van der Waals surface area contributed by atoms with Gasteiger partial charge in [-0.2, -0.15) is 0 Å². The summed E-state index contributed by atoms with van der Waals surface area (Å²) < 4.78 is 27.5. The van der Waals surface area contributed by atoms with Gasteiger partial charge >= 0.3 is 0 Å². The van der Waals surface area contributed by atoms with Gasteiger partial charge in [0.05, 0.1) is 56.3 Å². The maximum absolute atomic E-state index is 6.88. The van der Waals surface area contributed by atoms with Crippen molar-refractivity contribution in [1.82, 2.24) is 21.3 Å². The Morgan fingerprint density at radius 3 is 0.897 bits per heavy atom. The third-order valence-electron chi connectivity index (χ3n) is 10.7. The Morgan fingerprint density at radius 1 is 0.359 bits per heavy atom. The minimum absolute atomic E-state index is 0.244. The van der Waals surface area contributed by atoms with Gasteiger partial charge in [-0.05, 0) is 51.4 Å². The molecule has 2 heterocycles. The Labute approximate surface area is 236 Å². The van der Waals surface area contributed by atoms with E-state index in [1.807, 2.05) is 0 Å². The standard InChI is InChI=1S/C31H56N4O4/c1-5-13-27-23(9-1)32-21-33-24-10-2-6-14-28(24)37-18-31(17-36-27)19-38-29-15-7-3-11-25(29)34-22-35-26-12-4-8-16-30(26)39-20-31/h23-30,32-35H,1-22H2.